The van der Waals surface area contributed by atoms with E-state index in [4.69, 9.17) is 21.3 Å². The summed E-state index contributed by atoms with van der Waals surface area (Å²) in [7, 11) is 0. The van der Waals surface area contributed by atoms with Crippen molar-refractivity contribution in [3.63, 3.8) is 0 Å². The summed E-state index contributed by atoms with van der Waals surface area (Å²) in [5.41, 5.74) is 6.36. The molecule has 0 unspecified atom stereocenters. The maximum atomic E-state index is 6.61. The average Bonchev–Trinajstić information content (AvgIpc) is 3.03. The first kappa shape index (κ1) is 21.2. The van der Waals surface area contributed by atoms with Gasteiger partial charge in [-0.2, -0.15) is 0 Å². The number of aryl methyl sites for hydroxylation is 3. The first-order valence-corrected chi connectivity index (χ1v) is 13.2. The van der Waals surface area contributed by atoms with Crippen LogP contribution in [0.2, 0.25) is 0 Å². The number of aromatic nitrogens is 1. The molecule has 0 bridgehead atoms. The van der Waals surface area contributed by atoms with Crippen LogP contribution in [-0.4, -0.2) is 66.5 Å². The fraction of sp³-hybridized carbons (Fsp3) is 0.545. The Morgan fingerprint density at radius 3 is 1.90 bits per heavy atom. The van der Waals surface area contributed by atoms with Crippen LogP contribution in [0.25, 0.3) is 5.69 Å². The predicted octanol–water partition coefficient (Wildman–Crippen LogP) is 3.31. The number of hydrogen-bond acceptors (Lipinski definition) is 3. The minimum Gasteiger partial charge on any atom is -0.379 e. The summed E-state index contributed by atoms with van der Waals surface area (Å²) in [4.78, 5) is 0. The first-order chi connectivity index (χ1) is 13.9. The van der Waals surface area contributed by atoms with Gasteiger partial charge in [-0.3, -0.25) is 9.34 Å². The summed E-state index contributed by atoms with van der Waals surface area (Å²) in [6, 6.07) is 9.04. The van der Waals surface area contributed by atoms with Crippen LogP contribution < -0.4 is 5.30 Å². The molecule has 0 amide bonds. The van der Waals surface area contributed by atoms with Crippen molar-refractivity contribution in [1.82, 2.24) is 13.9 Å². The third-order valence-corrected chi connectivity index (χ3v) is 11.4. The molecule has 0 spiro atoms. The lowest BCUT2D eigenvalue weighted by Crippen LogP contribution is -2.46. The second kappa shape index (κ2) is 8.62. The molecule has 2 fully saturated rings. The highest BCUT2D eigenvalue weighted by Crippen LogP contribution is 2.54. The van der Waals surface area contributed by atoms with Crippen LogP contribution in [0, 0.1) is 27.7 Å². The normalized spacial score (nSPS) is 19.6. The molecular formula is C22H32N3O2PS. The van der Waals surface area contributed by atoms with Gasteiger partial charge in [-0.1, -0.05) is 29.5 Å². The molecular weight excluding hydrogens is 401 g/mol. The summed E-state index contributed by atoms with van der Waals surface area (Å²) in [5.74, 6) is 0. The molecule has 2 aliphatic rings. The molecule has 1 aromatic carbocycles. The smallest absolute Gasteiger partial charge is 0.109 e. The van der Waals surface area contributed by atoms with Crippen molar-refractivity contribution in [2.45, 2.75) is 27.7 Å². The van der Waals surface area contributed by atoms with Gasteiger partial charge < -0.3 is 14.0 Å². The maximum Gasteiger partial charge on any atom is 0.109 e. The Bertz CT molecular complexity index is 908. The molecule has 29 heavy (non-hydrogen) atoms. The van der Waals surface area contributed by atoms with Gasteiger partial charge in [-0.15, -0.1) is 0 Å². The van der Waals surface area contributed by atoms with E-state index in [1.54, 1.807) is 0 Å². The Morgan fingerprint density at radius 1 is 0.828 bits per heavy atom. The van der Waals surface area contributed by atoms with Crippen LogP contribution in [0.5, 0.6) is 0 Å². The van der Waals surface area contributed by atoms with Gasteiger partial charge in [0.2, 0.25) is 0 Å². The summed E-state index contributed by atoms with van der Waals surface area (Å²) in [6.45, 7) is 15.5. The molecule has 7 heteroatoms. The zero-order valence-corrected chi connectivity index (χ0v) is 19.7. The van der Waals surface area contributed by atoms with Crippen LogP contribution in [0.4, 0.5) is 0 Å². The fourth-order valence-electron chi connectivity index (χ4n) is 4.60. The van der Waals surface area contributed by atoms with Crippen molar-refractivity contribution in [3.05, 3.63) is 46.8 Å². The Morgan fingerprint density at radius 2 is 1.38 bits per heavy atom. The number of rotatable bonds is 4. The second-order valence-corrected chi connectivity index (χ2v) is 12.3. The topological polar surface area (TPSA) is 29.9 Å². The fourth-order valence-corrected chi connectivity index (χ4v) is 9.39. The van der Waals surface area contributed by atoms with E-state index in [0.717, 1.165) is 52.6 Å². The molecule has 0 atom stereocenters. The highest BCUT2D eigenvalue weighted by Gasteiger charge is 2.38. The molecule has 0 aliphatic carbocycles. The number of nitrogens with zero attached hydrogens (tertiary/aromatic N) is 3. The van der Waals surface area contributed by atoms with E-state index in [1.165, 1.54) is 33.5 Å². The molecule has 0 saturated carbocycles. The molecule has 3 heterocycles. The van der Waals surface area contributed by atoms with Gasteiger partial charge in [-0.25, -0.2) is 0 Å². The zero-order chi connectivity index (χ0) is 20.6. The number of hydrogen-bond donors (Lipinski definition) is 0. The summed E-state index contributed by atoms with van der Waals surface area (Å²) >= 11 is 6.61. The monoisotopic (exact) mass is 433 g/mol. The van der Waals surface area contributed by atoms with Gasteiger partial charge in [0.25, 0.3) is 0 Å². The van der Waals surface area contributed by atoms with Crippen molar-refractivity contribution in [3.8, 4) is 5.69 Å². The molecule has 158 valence electrons. The molecule has 2 aromatic rings. The van der Waals surface area contributed by atoms with Gasteiger partial charge in [0.15, 0.2) is 0 Å². The van der Waals surface area contributed by atoms with Crippen LogP contribution in [0.3, 0.4) is 0 Å². The van der Waals surface area contributed by atoms with Crippen molar-refractivity contribution in [2.75, 3.05) is 52.6 Å². The molecule has 1 aromatic heterocycles. The van der Waals surface area contributed by atoms with Crippen LogP contribution in [0.15, 0.2) is 24.3 Å². The van der Waals surface area contributed by atoms with E-state index >= 15 is 0 Å². The summed E-state index contributed by atoms with van der Waals surface area (Å²) in [5, 5.41) is 1.33. The van der Waals surface area contributed by atoms with Crippen molar-refractivity contribution in [1.29, 1.82) is 0 Å². The quantitative estimate of drug-likeness (QED) is 0.691. The lowest BCUT2D eigenvalue weighted by atomic mass is 10.1. The predicted molar refractivity (Wildman–Crippen MR) is 123 cm³/mol. The third kappa shape index (κ3) is 3.87. The lowest BCUT2D eigenvalue weighted by Gasteiger charge is -2.45. The SMILES string of the molecule is Cc1ccc(-n2c(C)cc(P(=S)(N3CCOCC3)N3CCOCC3)c2C)c(C)c1. The summed E-state index contributed by atoms with van der Waals surface area (Å²) < 4.78 is 18.8. The van der Waals surface area contributed by atoms with Crippen LogP contribution in [-0.2, 0) is 21.3 Å². The lowest BCUT2D eigenvalue weighted by molar-refractivity contribution is 0.0589. The summed E-state index contributed by atoms with van der Waals surface area (Å²) in [6.07, 6.45) is -2.09. The van der Waals surface area contributed by atoms with E-state index in [9.17, 15) is 0 Å². The van der Waals surface area contributed by atoms with E-state index in [-0.39, 0.29) is 0 Å². The Hall–Kier alpha value is -1.01. The van der Waals surface area contributed by atoms with Crippen molar-refractivity contribution < 1.29 is 9.47 Å². The Labute approximate surface area is 179 Å². The molecule has 2 aliphatic heterocycles. The molecule has 0 N–H and O–H groups in total. The maximum absolute atomic E-state index is 6.61. The number of morpholine rings is 2. The average molecular weight is 434 g/mol. The second-order valence-electron chi connectivity index (χ2n) is 8.06. The zero-order valence-electron chi connectivity index (χ0n) is 18.0. The van der Waals surface area contributed by atoms with E-state index in [2.05, 4.69) is 65.9 Å². The van der Waals surface area contributed by atoms with Gasteiger partial charge in [-0.05, 0) is 45.4 Å². The number of benzene rings is 1. The van der Waals surface area contributed by atoms with E-state index < -0.39 is 6.34 Å². The van der Waals surface area contributed by atoms with Crippen molar-refractivity contribution in [2.24, 2.45) is 0 Å². The standard InChI is InChI=1S/C22H32N3O2PS/c1-17-5-6-21(18(2)15-17)25-19(3)16-22(20(25)4)28(29,23-7-11-26-12-8-23)24-9-13-27-14-10-24/h5-6,15-16H,7-14H2,1-4H3. The van der Waals surface area contributed by atoms with Crippen LogP contribution in [0.1, 0.15) is 22.5 Å². The highest BCUT2D eigenvalue weighted by molar-refractivity contribution is 8.15. The molecule has 0 radical (unpaired) electrons. The van der Waals surface area contributed by atoms with Crippen LogP contribution >= 0.6 is 6.34 Å². The highest BCUT2D eigenvalue weighted by atomic mass is 32.4. The van der Waals surface area contributed by atoms with Gasteiger partial charge in [0.05, 0.1) is 26.4 Å². The van der Waals surface area contributed by atoms with Gasteiger partial charge >= 0.3 is 0 Å². The molecule has 4 rings (SSSR count). The Kier molecular flexibility index (Phi) is 6.31. The largest absolute Gasteiger partial charge is 0.379 e. The van der Waals surface area contributed by atoms with Crippen molar-refractivity contribution >= 4 is 23.5 Å². The first-order valence-electron chi connectivity index (χ1n) is 10.5. The van der Waals surface area contributed by atoms with Gasteiger partial charge in [0, 0.05) is 48.6 Å². The minimum atomic E-state index is -2.09. The van der Waals surface area contributed by atoms with Gasteiger partial charge in [0.1, 0.15) is 6.34 Å². The molecule has 2 saturated heterocycles. The molecule has 5 nitrogen and oxygen atoms in total. The Balaban J connectivity index is 1.84. The minimum absolute atomic E-state index is 0.762. The van der Waals surface area contributed by atoms with E-state index in [1.807, 2.05) is 0 Å². The van der Waals surface area contributed by atoms with E-state index in [0.29, 0.717) is 0 Å². The number of ether oxygens (including phenoxy) is 2. The third-order valence-electron chi connectivity index (χ3n) is 6.05.